The Balaban J connectivity index is 0.00000112. The maximum atomic E-state index is 7.32. The zero-order chi connectivity index (χ0) is 9.97. The van der Waals surface area contributed by atoms with Gasteiger partial charge in [0.1, 0.15) is 0 Å². The minimum absolute atomic E-state index is 0. The summed E-state index contributed by atoms with van der Waals surface area (Å²) in [6.45, 7) is 0.721. The lowest BCUT2D eigenvalue weighted by Gasteiger charge is -2.04. The molecule has 0 unspecified atom stereocenters. The van der Waals surface area contributed by atoms with E-state index in [1.54, 1.807) is 17.5 Å². The van der Waals surface area contributed by atoms with E-state index in [2.05, 4.69) is 16.4 Å². The molecule has 0 bridgehead atoms. The van der Waals surface area contributed by atoms with Crippen LogP contribution < -0.4 is 5.73 Å². The van der Waals surface area contributed by atoms with E-state index in [1.165, 1.54) is 5.56 Å². The fraction of sp³-hybridized carbons (Fsp3) is 0.111. The lowest BCUT2D eigenvalue weighted by molar-refractivity contribution is 0.787. The van der Waals surface area contributed by atoms with Gasteiger partial charge in [-0.3, -0.25) is 5.41 Å². The number of nitrogen functional groups attached to an aromatic ring is 1. The number of nitrogens with zero attached hydrogens (tertiary/aromatic N) is 2. The van der Waals surface area contributed by atoms with Crippen LogP contribution in [0.2, 0.25) is 0 Å². The average molecular weight is 243 g/mol. The van der Waals surface area contributed by atoms with Crippen molar-refractivity contribution in [2.75, 3.05) is 0 Å². The fourth-order valence-corrected chi connectivity index (χ4v) is 1.92. The molecule has 0 spiro atoms. The monoisotopic (exact) mass is 242 g/mol. The summed E-state index contributed by atoms with van der Waals surface area (Å²) in [4.78, 5) is 4.01. The molecule has 0 saturated heterocycles. The summed E-state index contributed by atoms with van der Waals surface area (Å²) in [7, 11) is 0. The van der Waals surface area contributed by atoms with Gasteiger partial charge in [-0.1, -0.05) is 0 Å². The Bertz CT molecular complexity index is 435. The first-order chi connectivity index (χ1) is 6.77. The van der Waals surface area contributed by atoms with E-state index in [9.17, 15) is 0 Å². The summed E-state index contributed by atoms with van der Waals surface area (Å²) >= 11 is 1.66. The summed E-state index contributed by atoms with van der Waals surface area (Å²) < 4.78 is 1.87. The van der Waals surface area contributed by atoms with Crippen LogP contribution in [0.1, 0.15) is 11.4 Å². The lowest BCUT2D eigenvalue weighted by atomic mass is 10.3. The molecule has 2 heterocycles. The van der Waals surface area contributed by atoms with Crippen LogP contribution in [0.3, 0.4) is 0 Å². The Morgan fingerprint density at radius 1 is 1.60 bits per heavy atom. The standard InChI is InChI=1S/C9H10N4S.ClH/c10-8(11)9-12-2-3-13(9)5-7-1-4-14-6-7;/h1-4,6H,5H2,(H3,10,11);1H. The summed E-state index contributed by atoms with van der Waals surface area (Å²) in [6, 6.07) is 2.05. The van der Waals surface area contributed by atoms with Crippen molar-refractivity contribution in [3.8, 4) is 0 Å². The SMILES string of the molecule is Cl.N=C(N)c1nccn1Cc1ccsc1. The third-order valence-corrected chi connectivity index (χ3v) is 2.62. The van der Waals surface area contributed by atoms with E-state index in [1.807, 2.05) is 16.1 Å². The van der Waals surface area contributed by atoms with Gasteiger partial charge in [0, 0.05) is 18.9 Å². The van der Waals surface area contributed by atoms with Gasteiger partial charge >= 0.3 is 0 Å². The van der Waals surface area contributed by atoms with E-state index in [0.717, 1.165) is 6.54 Å². The molecule has 0 radical (unpaired) electrons. The Morgan fingerprint density at radius 3 is 3.00 bits per heavy atom. The van der Waals surface area contributed by atoms with Crippen LogP contribution >= 0.6 is 23.7 Å². The van der Waals surface area contributed by atoms with Crippen LogP contribution in [0.5, 0.6) is 0 Å². The van der Waals surface area contributed by atoms with Gasteiger partial charge in [-0.05, 0) is 22.4 Å². The zero-order valence-corrected chi connectivity index (χ0v) is 9.52. The molecule has 2 aromatic rings. The predicted octanol–water partition coefficient (Wildman–Crippen LogP) is 1.70. The van der Waals surface area contributed by atoms with Gasteiger partial charge < -0.3 is 10.3 Å². The maximum Gasteiger partial charge on any atom is 0.175 e. The number of rotatable bonds is 3. The highest BCUT2D eigenvalue weighted by molar-refractivity contribution is 7.07. The van der Waals surface area contributed by atoms with E-state index in [-0.39, 0.29) is 18.2 Å². The van der Waals surface area contributed by atoms with Gasteiger partial charge in [0.2, 0.25) is 0 Å². The third kappa shape index (κ3) is 2.57. The highest BCUT2D eigenvalue weighted by Gasteiger charge is 2.05. The van der Waals surface area contributed by atoms with Gasteiger partial charge in [-0.25, -0.2) is 4.98 Å². The molecule has 15 heavy (non-hydrogen) atoms. The minimum atomic E-state index is 0. The highest BCUT2D eigenvalue weighted by atomic mass is 35.5. The van der Waals surface area contributed by atoms with Crippen molar-refractivity contribution in [3.63, 3.8) is 0 Å². The van der Waals surface area contributed by atoms with Crippen molar-refractivity contribution in [1.82, 2.24) is 9.55 Å². The molecule has 0 saturated carbocycles. The number of imidazole rings is 1. The van der Waals surface area contributed by atoms with E-state index in [0.29, 0.717) is 5.82 Å². The van der Waals surface area contributed by atoms with E-state index in [4.69, 9.17) is 11.1 Å². The number of aromatic nitrogens is 2. The van der Waals surface area contributed by atoms with Gasteiger partial charge in [0.25, 0.3) is 0 Å². The van der Waals surface area contributed by atoms with Gasteiger partial charge in [-0.15, -0.1) is 12.4 Å². The number of nitrogens with one attached hydrogen (secondary N) is 1. The Kier molecular flexibility index (Phi) is 3.88. The van der Waals surface area contributed by atoms with Crippen molar-refractivity contribution in [2.45, 2.75) is 6.54 Å². The second-order valence-corrected chi connectivity index (χ2v) is 3.70. The topological polar surface area (TPSA) is 67.7 Å². The molecule has 0 aliphatic carbocycles. The number of hydrogen-bond donors (Lipinski definition) is 2. The Hall–Kier alpha value is -1.33. The number of amidine groups is 1. The van der Waals surface area contributed by atoms with Crippen LogP contribution in [-0.4, -0.2) is 15.4 Å². The molecular formula is C9H11ClN4S. The third-order valence-electron chi connectivity index (χ3n) is 1.89. The summed E-state index contributed by atoms with van der Waals surface area (Å²) in [6.07, 6.45) is 3.48. The van der Waals surface area contributed by atoms with Gasteiger partial charge in [-0.2, -0.15) is 11.3 Å². The number of nitrogens with two attached hydrogens (primary N) is 1. The van der Waals surface area contributed by atoms with Gasteiger partial charge in [0.05, 0.1) is 0 Å². The largest absolute Gasteiger partial charge is 0.381 e. The van der Waals surface area contributed by atoms with E-state index < -0.39 is 0 Å². The molecule has 80 valence electrons. The van der Waals surface area contributed by atoms with Crippen LogP contribution in [0, 0.1) is 5.41 Å². The van der Waals surface area contributed by atoms with Crippen LogP contribution in [0.15, 0.2) is 29.2 Å². The number of hydrogen-bond acceptors (Lipinski definition) is 3. The van der Waals surface area contributed by atoms with Crippen molar-refractivity contribution >= 4 is 29.6 Å². The van der Waals surface area contributed by atoms with E-state index >= 15 is 0 Å². The average Bonchev–Trinajstić information content (AvgIpc) is 2.75. The quantitative estimate of drug-likeness (QED) is 0.636. The summed E-state index contributed by atoms with van der Waals surface area (Å²) in [5.74, 6) is 0.529. The van der Waals surface area contributed by atoms with Crippen LogP contribution in [-0.2, 0) is 6.54 Å². The molecule has 2 aromatic heterocycles. The molecule has 0 aliphatic heterocycles. The normalized spacial score (nSPS) is 9.60. The Morgan fingerprint density at radius 2 is 2.40 bits per heavy atom. The molecule has 0 amide bonds. The summed E-state index contributed by atoms with van der Waals surface area (Å²) in [5, 5.41) is 11.4. The predicted molar refractivity (Wildman–Crippen MR) is 63.9 cm³/mol. The van der Waals surface area contributed by atoms with Crippen molar-refractivity contribution in [3.05, 3.63) is 40.6 Å². The van der Waals surface area contributed by atoms with Crippen molar-refractivity contribution in [1.29, 1.82) is 5.41 Å². The summed E-state index contributed by atoms with van der Waals surface area (Å²) in [5.41, 5.74) is 6.59. The molecule has 6 heteroatoms. The second-order valence-electron chi connectivity index (χ2n) is 2.92. The first-order valence-corrected chi connectivity index (χ1v) is 5.08. The fourth-order valence-electron chi connectivity index (χ4n) is 1.26. The van der Waals surface area contributed by atoms with Gasteiger partial charge in [0.15, 0.2) is 11.7 Å². The van der Waals surface area contributed by atoms with Crippen molar-refractivity contribution < 1.29 is 0 Å². The van der Waals surface area contributed by atoms with Crippen LogP contribution in [0.4, 0.5) is 0 Å². The highest BCUT2D eigenvalue weighted by Crippen LogP contribution is 2.09. The molecule has 0 aromatic carbocycles. The number of thiophene rings is 1. The number of halogens is 1. The molecule has 4 nitrogen and oxygen atoms in total. The first-order valence-electron chi connectivity index (χ1n) is 4.14. The molecule has 3 N–H and O–H groups in total. The first kappa shape index (κ1) is 11.7. The van der Waals surface area contributed by atoms with Crippen LogP contribution in [0.25, 0.3) is 0 Å². The molecular weight excluding hydrogens is 232 g/mol. The molecule has 0 atom stereocenters. The zero-order valence-electron chi connectivity index (χ0n) is 7.88. The molecule has 0 aliphatic rings. The Labute approximate surface area is 97.7 Å². The smallest absolute Gasteiger partial charge is 0.175 e. The van der Waals surface area contributed by atoms with Crippen molar-refractivity contribution in [2.24, 2.45) is 5.73 Å². The minimum Gasteiger partial charge on any atom is -0.381 e. The molecule has 2 rings (SSSR count). The second kappa shape index (κ2) is 4.95. The maximum absolute atomic E-state index is 7.32. The lowest BCUT2D eigenvalue weighted by Crippen LogP contribution is -2.18. The molecule has 0 fully saturated rings.